The summed E-state index contributed by atoms with van der Waals surface area (Å²) >= 11 is 0. The Morgan fingerprint density at radius 2 is 1.24 bits per heavy atom. The first kappa shape index (κ1) is 32.5. The number of amides is 3. The normalized spacial score (nSPS) is 14.0. The average molecular weight is 537 g/mol. The zero-order chi connectivity index (χ0) is 28.5. The lowest BCUT2D eigenvalue weighted by molar-refractivity contribution is -0.147. The van der Waals surface area contributed by atoms with Gasteiger partial charge in [0.15, 0.2) is 0 Å². The predicted molar refractivity (Wildman–Crippen MR) is 140 cm³/mol. The molecule has 0 saturated carbocycles. The van der Waals surface area contributed by atoms with Crippen LogP contribution in [0.1, 0.15) is 50.5 Å². The van der Waals surface area contributed by atoms with Crippen LogP contribution in [0.2, 0.25) is 0 Å². The van der Waals surface area contributed by atoms with E-state index < -0.39 is 60.2 Å². The highest BCUT2D eigenvalue weighted by Gasteiger charge is 2.31. The fourth-order valence-electron chi connectivity index (χ4n) is 3.66. The molecule has 13 heteroatoms. The van der Waals surface area contributed by atoms with Crippen LogP contribution in [0, 0.1) is 0 Å². The molecule has 4 atom stereocenters. The third-order valence-corrected chi connectivity index (χ3v) is 5.79. The molecule has 38 heavy (non-hydrogen) atoms. The molecule has 0 fully saturated rings. The van der Waals surface area contributed by atoms with Gasteiger partial charge in [-0.2, -0.15) is 0 Å². The molecule has 0 aromatic heterocycles. The summed E-state index contributed by atoms with van der Waals surface area (Å²) in [7, 11) is 0. The first-order valence-electron chi connectivity index (χ1n) is 12.6. The smallest absolute Gasteiger partial charge is 0.326 e. The van der Waals surface area contributed by atoms with Crippen LogP contribution in [0.25, 0.3) is 0 Å². The first-order valence-corrected chi connectivity index (χ1v) is 12.6. The highest BCUT2D eigenvalue weighted by molar-refractivity contribution is 5.94. The number of carbonyl (C=O) groups is 5. The molecule has 1 aromatic carbocycles. The summed E-state index contributed by atoms with van der Waals surface area (Å²) in [5.74, 6) is -4.99. The maximum Gasteiger partial charge on any atom is 0.326 e. The van der Waals surface area contributed by atoms with Gasteiger partial charge in [-0.25, -0.2) is 4.79 Å². The van der Waals surface area contributed by atoms with Gasteiger partial charge in [0.2, 0.25) is 17.7 Å². The van der Waals surface area contributed by atoms with Crippen LogP contribution in [0.4, 0.5) is 0 Å². The van der Waals surface area contributed by atoms with Crippen LogP contribution in [0.5, 0.6) is 0 Å². The molecule has 11 N–H and O–H groups in total. The Morgan fingerprint density at radius 1 is 0.711 bits per heavy atom. The van der Waals surface area contributed by atoms with Crippen molar-refractivity contribution in [2.45, 2.75) is 75.5 Å². The number of nitrogens with one attached hydrogen (secondary N) is 3. The fraction of sp³-hybridized carbons (Fsp3) is 0.560. The summed E-state index contributed by atoms with van der Waals surface area (Å²) in [5, 5.41) is 25.7. The van der Waals surface area contributed by atoms with Gasteiger partial charge in [-0.1, -0.05) is 36.8 Å². The van der Waals surface area contributed by atoms with Gasteiger partial charge in [0, 0.05) is 6.42 Å². The minimum absolute atomic E-state index is 0.000106. The van der Waals surface area contributed by atoms with E-state index in [1.165, 1.54) is 0 Å². The van der Waals surface area contributed by atoms with E-state index in [4.69, 9.17) is 22.3 Å². The summed E-state index contributed by atoms with van der Waals surface area (Å²) in [4.78, 5) is 61.4. The van der Waals surface area contributed by atoms with Gasteiger partial charge in [-0.3, -0.25) is 19.2 Å². The Kier molecular flexibility index (Phi) is 15.2. The Morgan fingerprint density at radius 3 is 1.79 bits per heavy atom. The van der Waals surface area contributed by atoms with Crippen LogP contribution in [-0.2, 0) is 30.4 Å². The Labute approximate surface area is 221 Å². The van der Waals surface area contributed by atoms with E-state index in [1.807, 2.05) is 0 Å². The fourth-order valence-corrected chi connectivity index (χ4v) is 3.66. The molecule has 0 aliphatic heterocycles. The maximum atomic E-state index is 13.3. The molecule has 0 spiro atoms. The van der Waals surface area contributed by atoms with E-state index in [-0.39, 0.29) is 12.8 Å². The number of hydrogen-bond donors (Lipinski definition) is 8. The number of carboxylic acid groups (broad SMARTS) is 2. The lowest BCUT2D eigenvalue weighted by Gasteiger charge is -2.25. The Balaban J connectivity index is 3.08. The second-order valence-corrected chi connectivity index (χ2v) is 8.98. The summed E-state index contributed by atoms with van der Waals surface area (Å²) in [5.41, 5.74) is 17.7. The van der Waals surface area contributed by atoms with Gasteiger partial charge in [-0.05, 0) is 50.8 Å². The molecule has 0 radical (unpaired) electrons. The SMILES string of the molecule is NCCCCC(N)C(=O)NC(CCCCN)C(=O)NC(Cc1ccccc1)C(=O)NC(CC(=O)O)C(=O)O. The van der Waals surface area contributed by atoms with Gasteiger partial charge in [0.1, 0.15) is 18.1 Å². The number of carbonyl (C=O) groups excluding carboxylic acids is 3. The second kappa shape index (κ2) is 17.8. The number of unbranched alkanes of at least 4 members (excludes halogenated alkanes) is 2. The second-order valence-electron chi connectivity index (χ2n) is 8.98. The van der Waals surface area contributed by atoms with Crippen molar-refractivity contribution >= 4 is 29.7 Å². The third-order valence-electron chi connectivity index (χ3n) is 5.79. The van der Waals surface area contributed by atoms with Gasteiger partial charge >= 0.3 is 11.9 Å². The van der Waals surface area contributed by atoms with Crippen molar-refractivity contribution in [3.05, 3.63) is 35.9 Å². The average Bonchev–Trinajstić information content (AvgIpc) is 2.87. The van der Waals surface area contributed by atoms with E-state index in [1.54, 1.807) is 30.3 Å². The zero-order valence-electron chi connectivity index (χ0n) is 21.4. The van der Waals surface area contributed by atoms with Gasteiger partial charge in [-0.15, -0.1) is 0 Å². The van der Waals surface area contributed by atoms with Gasteiger partial charge in [0.05, 0.1) is 12.5 Å². The minimum Gasteiger partial charge on any atom is -0.481 e. The number of nitrogens with two attached hydrogens (primary N) is 3. The number of hydrogen-bond acceptors (Lipinski definition) is 8. The number of rotatable bonds is 19. The van der Waals surface area contributed by atoms with E-state index in [9.17, 15) is 29.1 Å². The van der Waals surface area contributed by atoms with Crippen molar-refractivity contribution in [3.8, 4) is 0 Å². The standard InChI is InChI=1S/C25H40N6O7/c26-12-6-4-10-17(28)22(34)29-18(11-5-7-13-27)23(35)30-19(14-16-8-2-1-3-9-16)24(36)31-20(25(37)38)15-21(32)33/h1-3,8-9,17-20H,4-7,10-15,26-28H2,(H,29,34)(H,30,35)(H,31,36)(H,32,33)(H,37,38). The highest BCUT2D eigenvalue weighted by atomic mass is 16.4. The molecule has 1 aromatic rings. The molecular weight excluding hydrogens is 496 g/mol. The molecule has 0 aliphatic rings. The van der Waals surface area contributed by atoms with Crippen LogP contribution in [0.3, 0.4) is 0 Å². The first-order chi connectivity index (χ1) is 18.1. The highest BCUT2D eigenvalue weighted by Crippen LogP contribution is 2.08. The quantitative estimate of drug-likeness (QED) is 0.0985. The topological polar surface area (TPSA) is 240 Å². The van der Waals surface area contributed by atoms with Crippen LogP contribution in [0.15, 0.2) is 30.3 Å². The van der Waals surface area contributed by atoms with E-state index in [0.29, 0.717) is 50.8 Å². The van der Waals surface area contributed by atoms with Crippen molar-refractivity contribution in [2.24, 2.45) is 17.2 Å². The van der Waals surface area contributed by atoms with Crippen molar-refractivity contribution in [2.75, 3.05) is 13.1 Å². The lowest BCUT2D eigenvalue weighted by Crippen LogP contribution is -2.57. The molecule has 13 nitrogen and oxygen atoms in total. The zero-order valence-corrected chi connectivity index (χ0v) is 21.4. The monoisotopic (exact) mass is 536 g/mol. The number of aliphatic carboxylic acids is 2. The Bertz CT molecular complexity index is 915. The van der Waals surface area contributed by atoms with Crippen molar-refractivity contribution in [3.63, 3.8) is 0 Å². The third kappa shape index (κ3) is 12.6. The summed E-state index contributed by atoms with van der Waals surface area (Å²) in [6.07, 6.45) is 2.26. The van der Waals surface area contributed by atoms with E-state index in [0.717, 1.165) is 0 Å². The molecule has 1 rings (SSSR count). The van der Waals surface area contributed by atoms with Crippen LogP contribution >= 0.6 is 0 Å². The molecule has 0 saturated heterocycles. The lowest BCUT2D eigenvalue weighted by atomic mass is 10.0. The molecular formula is C25H40N6O7. The van der Waals surface area contributed by atoms with Crippen molar-refractivity contribution in [1.29, 1.82) is 0 Å². The minimum atomic E-state index is -1.69. The van der Waals surface area contributed by atoms with Crippen LogP contribution < -0.4 is 33.2 Å². The molecule has 3 amide bonds. The number of benzene rings is 1. The maximum absolute atomic E-state index is 13.3. The molecule has 212 valence electrons. The molecule has 4 unspecified atom stereocenters. The van der Waals surface area contributed by atoms with Gasteiger partial charge < -0.3 is 43.4 Å². The largest absolute Gasteiger partial charge is 0.481 e. The molecule has 0 bridgehead atoms. The van der Waals surface area contributed by atoms with E-state index in [2.05, 4.69) is 16.0 Å². The summed E-state index contributed by atoms with van der Waals surface area (Å²) in [6.45, 7) is 0.860. The van der Waals surface area contributed by atoms with Crippen molar-refractivity contribution in [1.82, 2.24) is 16.0 Å². The van der Waals surface area contributed by atoms with Gasteiger partial charge in [0.25, 0.3) is 0 Å². The van der Waals surface area contributed by atoms with Crippen molar-refractivity contribution < 1.29 is 34.2 Å². The van der Waals surface area contributed by atoms with E-state index >= 15 is 0 Å². The predicted octanol–water partition coefficient (Wildman–Crippen LogP) is -1.17. The Hall–Kier alpha value is -3.55. The number of carboxylic acids is 2. The summed E-state index contributed by atoms with van der Waals surface area (Å²) < 4.78 is 0. The summed E-state index contributed by atoms with van der Waals surface area (Å²) in [6, 6.07) is 3.88. The molecule has 0 aliphatic carbocycles. The molecule has 0 heterocycles. The van der Waals surface area contributed by atoms with Crippen LogP contribution in [-0.4, -0.2) is 77.1 Å².